The van der Waals surface area contributed by atoms with E-state index >= 15 is 0 Å². The number of ether oxygens (including phenoxy) is 1. The Morgan fingerprint density at radius 2 is 1.97 bits per heavy atom. The third-order valence-corrected chi connectivity index (χ3v) is 6.29. The van der Waals surface area contributed by atoms with Gasteiger partial charge in [0.1, 0.15) is 5.69 Å². The number of likely N-dealkylation sites (tertiary alicyclic amines) is 1. The van der Waals surface area contributed by atoms with Crippen LogP contribution >= 0.6 is 0 Å². The van der Waals surface area contributed by atoms with Gasteiger partial charge in [0, 0.05) is 18.1 Å². The van der Waals surface area contributed by atoms with Gasteiger partial charge in [-0.2, -0.15) is 0 Å². The zero-order chi connectivity index (χ0) is 23.2. The first-order valence-electron chi connectivity index (χ1n) is 11.7. The number of carbonyl (C=O) groups excluding carboxylic acids is 1. The molecule has 0 atom stereocenters. The predicted octanol–water partition coefficient (Wildman–Crippen LogP) is 4.90. The van der Waals surface area contributed by atoms with Crippen molar-refractivity contribution in [2.24, 2.45) is 5.92 Å². The van der Waals surface area contributed by atoms with Gasteiger partial charge in [-0.3, -0.25) is 9.69 Å². The monoisotopic (exact) mass is 448 g/mol. The molecule has 0 radical (unpaired) electrons. The molecule has 0 spiro atoms. The van der Waals surface area contributed by atoms with Gasteiger partial charge in [0.15, 0.2) is 11.5 Å². The maximum Gasteiger partial charge on any atom is 0.224 e. The fraction of sp³-hybridized carbons (Fsp3) is 0.423. The third-order valence-electron chi connectivity index (χ3n) is 6.29. The first-order valence-corrected chi connectivity index (χ1v) is 11.7. The van der Waals surface area contributed by atoms with Gasteiger partial charge in [0.05, 0.1) is 30.1 Å². The zero-order valence-electron chi connectivity index (χ0n) is 19.4. The second-order valence-corrected chi connectivity index (χ2v) is 8.67. The zero-order valence-corrected chi connectivity index (χ0v) is 19.4. The maximum atomic E-state index is 12.9. The number of anilines is 1. The van der Waals surface area contributed by atoms with Gasteiger partial charge >= 0.3 is 0 Å². The van der Waals surface area contributed by atoms with Crippen molar-refractivity contribution in [2.75, 3.05) is 25.4 Å². The van der Waals surface area contributed by atoms with Crippen molar-refractivity contribution >= 4 is 11.5 Å². The average molecular weight is 449 g/mol. The number of carbonyl (C=O) groups is 1. The Kier molecular flexibility index (Phi) is 7.40. The number of hydrogen-bond donors (Lipinski definition) is 1. The van der Waals surface area contributed by atoms with E-state index in [0.717, 1.165) is 55.9 Å². The number of aryl methyl sites for hydroxylation is 1. The maximum absolute atomic E-state index is 12.9. The SMILES string of the molecule is CCOc1nc(C)c(N)cc1C(=O)CCC1CCN(Cc2cc(-c3ccccc3)no2)CC1. The van der Waals surface area contributed by atoms with Gasteiger partial charge in [-0.25, -0.2) is 4.98 Å². The van der Waals surface area contributed by atoms with Gasteiger partial charge in [0.2, 0.25) is 5.88 Å². The lowest BCUT2D eigenvalue weighted by atomic mass is 9.90. The van der Waals surface area contributed by atoms with Crippen LogP contribution in [0.15, 0.2) is 47.0 Å². The fourth-order valence-corrected chi connectivity index (χ4v) is 4.30. The standard InChI is InChI=1S/C26H32N4O3/c1-3-32-26-22(16-23(27)18(2)28-26)25(31)10-9-19-11-13-30(14-12-19)17-21-15-24(29-33-21)20-7-5-4-6-8-20/h4-8,15-16,19H,3,9-14,17,27H2,1-2H3. The topological polar surface area (TPSA) is 94.5 Å². The van der Waals surface area contributed by atoms with Crippen LogP contribution in [0.2, 0.25) is 0 Å². The second-order valence-electron chi connectivity index (χ2n) is 8.67. The van der Waals surface area contributed by atoms with Gasteiger partial charge < -0.3 is 15.0 Å². The van der Waals surface area contributed by atoms with E-state index in [1.807, 2.05) is 50.2 Å². The molecule has 0 aliphatic carbocycles. The van der Waals surface area contributed by atoms with E-state index in [-0.39, 0.29) is 5.78 Å². The van der Waals surface area contributed by atoms with Crippen LogP contribution in [-0.4, -0.2) is 40.5 Å². The van der Waals surface area contributed by atoms with E-state index in [1.165, 1.54) is 0 Å². The van der Waals surface area contributed by atoms with E-state index in [9.17, 15) is 4.79 Å². The molecule has 1 aliphatic heterocycles. The Balaban J connectivity index is 1.26. The number of hydrogen-bond acceptors (Lipinski definition) is 7. The molecule has 0 amide bonds. The number of benzene rings is 1. The number of piperidine rings is 1. The van der Waals surface area contributed by atoms with Crippen molar-refractivity contribution in [1.29, 1.82) is 0 Å². The number of rotatable bonds is 9. The van der Waals surface area contributed by atoms with Crippen molar-refractivity contribution in [3.8, 4) is 17.1 Å². The Morgan fingerprint density at radius 3 is 2.70 bits per heavy atom. The number of ketones is 1. The quantitative estimate of drug-likeness (QED) is 0.465. The van der Waals surface area contributed by atoms with E-state index in [2.05, 4.69) is 15.0 Å². The highest BCUT2D eigenvalue weighted by atomic mass is 16.5. The molecule has 2 N–H and O–H groups in total. The molecule has 3 aromatic rings. The first-order chi connectivity index (χ1) is 16.0. The van der Waals surface area contributed by atoms with E-state index in [4.69, 9.17) is 15.0 Å². The average Bonchev–Trinajstić information content (AvgIpc) is 3.30. The molecular formula is C26H32N4O3. The van der Waals surface area contributed by atoms with Crippen LogP contribution in [0.1, 0.15) is 54.4 Å². The Morgan fingerprint density at radius 1 is 1.21 bits per heavy atom. The number of Topliss-reactive ketones (excluding diaryl/α,β-unsaturated/α-hetero) is 1. The summed E-state index contributed by atoms with van der Waals surface area (Å²) in [4.78, 5) is 19.6. The summed E-state index contributed by atoms with van der Waals surface area (Å²) in [5, 5.41) is 4.21. The van der Waals surface area contributed by atoms with Crippen LogP contribution in [0.3, 0.4) is 0 Å². The van der Waals surface area contributed by atoms with Crippen LogP contribution in [-0.2, 0) is 6.54 Å². The molecule has 7 heteroatoms. The Bertz CT molecular complexity index is 1070. The highest BCUT2D eigenvalue weighted by Crippen LogP contribution is 2.28. The molecule has 1 aliphatic rings. The van der Waals surface area contributed by atoms with E-state index < -0.39 is 0 Å². The molecule has 33 heavy (non-hydrogen) atoms. The lowest BCUT2D eigenvalue weighted by Crippen LogP contribution is -2.33. The molecule has 0 saturated carbocycles. The predicted molar refractivity (Wildman–Crippen MR) is 128 cm³/mol. The molecule has 1 aromatic carbocycles. The van der Waals surface area contributed by atoms with E-state index in [0.29, 0.717) is 41.8 Å². The number of pyridine rings is 1. The van der Waals surface area contributed by atoms with Crippen molar-refractivity contribution < 1.29 is 14.1 Å². The van der Waals surface area contributed by atoms with Crippen molar-refractivity contribution in [3.63, 3.8) is 0 Å². The molecule has 2 aromatic heterocycles. The minimum absolute atomic E-state index is 0.0511. The molecular weight excluding hydrogens is 416 g/mol. The van der Waals surface area contributed by atoms with Crippen LogP contribution in [0.4, 0.5) is 5.69 Å². The number of nitrogens with zero attached hydrogens (tertiary/aromatic N) is 3. The molecule has 3 heterocycles. The molecule has 0 unspecified atom stereocenters. The lowest BCUT2D eigenvalue weighted by molar-refractivity contribution is 0.0955. The first kappa shape index (κ1) is 23.0. The molecule has 4 rings (SSSR count). The van der Waals surface area contributed by atoms with Crippen molar-refractivity contribution in [2.45, 2.75) is 46.1 Å². The summed E-state index contributed by atoms with van der Waals surface area (Å²) >= 11 is 0. The molecule has 1 fully saturated rings. The molecule has 7 nitrogen and oxygen atoms in total. The third kappa shape index (κ3) is 5.79. The van der Waals surface area contributed by atoms with Crippen molar-refractivity contribution in [3.05, 3.63) is 59.5 Å². The number of nitrogens with two attached hydrogens (primary N) is 1. The summed E-state index contributed by atoms with van der Waals surface area (Å²) in [6.07, 6.45) is 3.49. The van der Waals surface area contributed by atoms with Crippen LogP contribution in [0.5, 0.6) is 5.88 Å². The number of nitrogen functional groups attached to an aromatic ring is 1. The van der Waals surface area contributed by atoms with Gasteiger partial charge in [-0.1, -0.05) is 35.5 Å². The smallest absolute Gasteiger partial charge is 0.224 e. The molecule has 174 valence electrons. The van der Waals surface area contributed by atoms with E-state index in [1.54, 1.807) is 6.07 Å². The summed E-state index contributed by atoms with van der Waals surface area (Å²) in [7, 11) is 0. The summed E-state index contributed by atoms with van der Waals surface area (Å²) < 4.78 is 11.1. The van der Waals surface area contributed by atoms with Gasteiger partial charge in [-0.15, -0.1) is 0 Å². The fourth-order valence-electron chi connectivity index (χ4n) is 4.30. The van der Waals surface area contributed by atoms with Crippen LogP contribution in [0.25, 0.3) is 11.3 Å². The summed E-state index contributed by atoms with van der Waals surface area (Å²) in [6, 6.07) is 13.8. The van der Waals surface area contributed by atoms with Gasteiger partial charge in [-0.05, 0) is 58.2 Å². The van der Waals surface area contributed by atoms with Crippen LogP contribution < -0.4 is 10.5 Å². The van der Waals surface area contributed by atoms with Crippen molar-refractivity contribution in [1.82, 2.24) is 15.0 Å². The summed E-state index contributed by atoms with van der Waals surface area (Å²) in [6.45, 7) is 6.91. The largest absolute Gasteiger partial charge is 0.477 e. The summed E-state index contributed by atoms with van der Waals surface area (Å²) in [5.74, 6) is 1.86. The Hall–Kier alpha value is -3.19. The number of aromatic nitrogens is 2. The minimum Gasteiger partial charge on any atom is -0.477 e. The summed E-state index contributed by atoms with van der Waals surface area (Å²) in [5.41, 5.74) is 9.63. The highest BCUT2D eigenvalue weighted by molar-refractivity contribution is 5.99. The highest BCUT2D eigenvalue weighted by Gasteiger charge is 2.23. The van der Waals surface area contributed by atoms with Crippen LogP contribution in [0, 0.1) is 12.8 Å². The minimum atomic E-state index is 0.0511. The van der Waals surface area contributed by atoms with Gasteiger partial charge in [0.25, 0.3) is 0 Å². The Labute approximate surface area is 194 Å². The second kappa shape index (κ2) is 10.6. The molecule has 1 saturated heterocycles. The lowest BCUT2D eigenvalue weighted by Gasteiger charge is -2.31. The molecule has 0 bridgehead atoms. The normalized spacial score (nSPS) is 15.0.